The van der Waals surface area contributed by atoms with Crippen LogP contribution in [0.5, 0.6) is 5.75 Å². The van der Waals surface area contributed by atoms with Gasteiger partial charge in [-0.15, -0.1) is 11.3 Å². The summed E-state index contributed by atoms with van der Waals surface area (Å²) in [5.41, 5.74) is -0.0142. The van der Waals surface area contributed by atoms with Crippen LogP contribution in [-0.4, -0.2) is 35.7 Å². The SMILES string of the molecule is COc1ccc(C(C)(CNC(=O)c2ccc3ncsc3c2)C(F)(F)F)nc1-c1ccc(F)c(Cl)c1. The van der Waals surface area contributed by atoms with Crippen LogP contribution in [0.2, 0.25) is 5.02 Å². The molecule has 0 spiro atoms. The maximum Gasteiger partial charge on any atom is 0.401 e. The molecule has 2 aromatic carbocycles. The lowest BCUT2D eigenvalue weighted by Gasteiger charge is -2.32. The number of fused-ring (bicyclic) bond motifs is 1. The molecule has 0 radical (unpaired) electrons. The van der Waals surface area contributed by atoms with E-state index in [1.807, 2.05) is 0 Å². The van der Waals surface area contributed by atoms with Gasteiger partial charge in [-0.05, 0) is 55.5 Å². The molecule has 0 fully saturated rings. The van der Waals surface area contributed by atoms with E-state index >= 15 is 0 Å². The number of carbonyl (C=O) groups is 1. The van der Waals surface area contributed by atoms with Crippen LogP contribution >= 0.6 is 22.9 Å². The summed E-state index contributed by atoms with van der Waals surface area (Å²) in [4.78, 5) is 21.0. The summed E-state index contributed by atoms with van der Waals surface area (Å²) < 4.78 is 62.7. The summed E-state index contributed by atoms with van der Waals surface area (Å²) in [6.45, 7) is 0.189. The molecule has 4 aromatic rings. The van der Waals surface area contributed by atoms with E-state index in [1.54, 1.807) is 17.6 Å². The molecule has 5 nitrogen and oxygen atoms in total. The van der Waals surface area contributed by atoms with Crippen LogP contribution in [-0.2, 0) is 5.41 Å². The van der Waals surface area contributed by atoms with E-state index in [9.17, 15) is 22.4 Å². The van der Waals surface area contributed by atoms with Crippen LogP contribution in [0.15, 0.2) is 54.0 Å². The molecule has 1 N–H and O–H groups in total. The third-order valence-electron chi connectivity index (χ3n) is 5.66. The number of hydrogen-bond donors (Lipinski definition) is 1. The molecule has 4 rings (SSSR count). The fraction of sp³-hybridized carbons (Fsp3) is 0.208. The number of benzene rings is 2. The molecule has 2 heterocycles. The highest BCUT2D eigenvalue weighted by Crippen LogP contribution is 2.42. The van der Waals surface area contributed by atoms with Crippen molar-refractivity contribution in [3.8, 4) is 17.0 Å². The number of aromatic nitrogens is 2. The summed E-state index contributed by atoms with van der Waals surface area (Å²) in [6.07, 6.45) is -4.76. The Morgan fingerprint density at radius 2 is 1.91 bits per heavy atom. The molecule has 0 saturated carbocycles. The summed E-state index contributed by atoms with van der Waals surface area (Å²) in [5, 5.41) is 2.18. The summed E-state index contributed by atoms with van der Waals surface area (Å²) >= 11 is 7.18. The second-order valence-corrected chi connectivity index (χ2v) is 9.22. The highest BCUT2D eigenvalue weighted by atomic mass is 35.5. The van der Waals surface area contributed by atoms with Gasteiger partial charge in [-0.25, -0.2) is 14.4 Å². The first kappa shape index (κ1) is 24.9. The monoisotopic (exact) mass is 523 g/mol. The van der Waals surface area contributed by atoms with E-state index < -0.39 is 29.9 Å². The minimum Gasteiger partial charge on any atom is -0.494 e. The minimum atomic E-state index is -4.76. The van der Waals surface area contributed by atoms with Crippen molar-refractivity contribution >= 4 is 39.1 Å². The van der Waals surface area contributed by atoms with E-state index in [-0.39, 0.29) is 33.3 Å². The van der Waals surface area contributed by atoms with Gasteiger partial charge < -0.3 is 10.1 Å². The number of methoxy groups -OCH3 is 1. The highest BCUT2D eigenvalue weighted by molar-refractivity contribution is 7.16. The van der Waals surface area contributed by atoms with Crippen molar-refractivity contribution in [3.05, 3.63) is 76.1 Å². The molecule has 0 aliphatic heterocycles. The summed E-state index contributed by atoms with van der Waals surface area (Å²) in [6, 6.07) is 10.9. The molecule has 1 atom stereocenters. The third kappa shape index (κ3) is 4.81. The number of carbonyl (C=O) groups excluding carboxylic acids is 1. The number of ether oxygens (including phenoxy) is 1. The van der Waals surface area contributed by atoms with Gasteiger partial charge in [-0.1, -0.05) is 11.6 Å². The van der Waals surface area contributed by atoms with Crippen molar-refractivity contribution in [3.63, 3.8) is 0 Å². The molecular formula is C24H18ClF4N3O2S. The quantitative estimate of drug-likeness (QED) is 0.297. The smallest absolute Gasteiger partial charge is 0.401 e. The predicted molar refractivity (Wildman–Crippen MR) is 127 cm³/mol. The van der Waals surface area contributed by atoms with Gasteiger partial charge in [0.1, 0.15) is 22.7 Å². The number of pyridine rings is 1. The van der Waals surface area contributed by atoms with Gasteiger partial charge in [0.2, 0.25) is 0 Å². The van der Waals surface area contributed by atoms with E-state index in [2.05, 4.69) is 15.3 Å². The van der Waals surface area contributed by atoms with Crippen molar-refractivity contribution in [2.75, 3.05) is 13.7 Å². The number of hydrogen-bond acceptors (Lipinski definition) is 5. The van der Waals surface area contributed by atoms with Gasteiger partial charge in [0.25, 0.3) is 5.91 Å². The Morgan fingerprint density at radius 1 is 1.14 bits per heavy atom. The second kappa shape index (κ2) is 9.43. The predicted octanol–water partition coefficient (Wildman–Crippen LogP) is 6.41. The molecule has 1 unspecified atom stereocenters. The maximum atomic E-state index is 14.3. The molecule has 182 valence electrons. The molecular weight excluding hydrogens is 506 g/mol. The molecule has 2 aromatic heterocycles. The summed E-state index contributed by atoms with van der Waals surface area (Å²) in [7, 11) is 1.34. The number of alkyl halides is 3. The Morgan fingerprint density at radius 3 is 2.60 bits per heavy atom. The number of nitrogens with one attached hydrogen (secondary N) is 1. The third-order valence-corrected chi connectivity index (χ3v) is 6.74. The van der Waals surface area contributed by atoms with E-state index in [1.165, 1.54) is 48.8 Å². The molecule has 0 saturated heterocycles. The van der Waals surface area contributed by atoms with Crippen LogP contribution in [0, 0.1) is 5.82 Å². The lowest BCUT2D eigenvalue weighted by Crippen LogP contribution is -2.49. The lowest BCUT2D eigenvalue weighted by molar-refractivity contribution is -0.184. The van der Waals surface area contributed by atoms with Crippen molar-refractivity contribution in [2.45, 2.75) is 18.5 Å². The van der Waals surface area contributed by atoms with Crippen molar-refractivity contribution < 1.29 is 27.1 Å². The van der Waals surface area contributed by atoms with Crippen molar-refractivity contribution in [2.24, 2.45) is 0 Å². The first-order chi connectivity index (χ1) is 16.5. The van der Waals surface area contributed by atoms with Crippen molar-refractivity contribution in [1.29, 1.82) is 0 Å². The first-order valence-corrected chi connectivity index (χ1v) is 11.5. The van der Waals surface area contributed by atoms with E-state index in [4.69, 9.17) is 16.3 Å². The molecule has 0 bridgehead atoms. The van der Waals surface area contributed by atoms with E-state index in [0.29, 0.717) is 5.52 Å². The number of thiazole rings is 1. The zero-order valence-corrected chi connectivity index (χ0v) is 20.0. The standard InChI is InChI=1S/C24H18ClF4N3O2S/c1-23(24(27,28)29,11-30-22(33)14-4-6-17-19(10-14)35-12-31-17)20-8-7-18(34-2)21(32-20)13-3-5-16(26)15(25)9-13/h3-10,12H,11H2,1-2H3,(H,30,33). The Kier molecular flexibility index (Phi) is 6.70. The molecule has 0 aliphatic carbocycles. The maximum absolute atomic E-state index is 14.3. The fourth-order valence-corrected chi connectivity index (χ4v) is 4.36. The number of amides is 1. The average Bonchev–Trinajstić information content (AvgIpc) is 3.31. The zero-order chi connectivity index (χ0) is 25.4. The van der Waals surface area contributed by atoms with Crippen LogP contribution in [0.1, 0.15) is 23.0 Å². The van der Waals surface area contributed by atoms with E-state index in [0.717, 1.165) is 17.7 Å². The van der Waals surface area contributed by atoms with Gasteiger partial charge in [0, 0.05) is 17.7 Å². The molecule has 11 heteroatoms. The van der Waals surface area contributed by atoms with Crippen molar-refractivity contribution in [1.82, 2.24) is 15.3 Å². The summed E-state index contributed by atoms with van der Waals surface area (Å²) in [5.74, 6) is -1.15. The number of nitrogens with zero attached hydrogens (tertiary/aromatic N) is 2. The van der Waals surface area contributed by atoms with Gasteiger partial charge in [-0.3, -0.25) is 4.79 Å². The largest absolute Gasteiger partial charge is 0.494 e. The van der Waals surface area contributed by atoms with Gasteiger partial charge >= 0.3 is 6.18 Å². The number of rotatable bonds is 6. The van der Waals surface area contributed by atoms with Gasteiger partial charge in [-0.2, -0.15) is 13.2 Å². The van der Waals surface area contributed by atoms with Gasteiger partial charge in [0.05, 0.1) is 33.6 Å². The normalized spacial score (nSPS) is 13.5. The average molecular weight is 524 g/mol. The van der Waals surface area contributed by atoms with Crippen LogP contribution < -0.4 is 10.1 Å². The Labute approximate surface area is 206 Å². The number of halogens is 5. The highest BCUT2D eigenvalue weighted by Gasteiger charge is 2.53. The Hall–Kier alpha value is -3.24. The Balaban J connectivity index is 1.69. The molecule has 1 amide bonds. The molecule has 35 heavy (non-hydrogen) atoms. The first-order valence-electron chi connectivity index (χ1n) is 10.2. The van der Waals surface area contributed by atoms with Crippen LogP contribution in [0.25, 0.3) is 21.5 Å². The van der Waals surface area contributed by atoms with Crippen LogP contribution in [0.3, 0.4) is 0 Å². The fourth-order valence-electron chi connectivity index (χ4n) is 3.46. The zero-order valence-electron chi connectivity index (χ0n) is 18.4. The Bertz CT molecular complexity index is 1410. The second-order valence-electron chi connectivity index (χ2n) is 7.92. The topological polar surface area (TPSA) is 64.1 Å². The molecule has 0 aliphatic rings. The minimum absolute atomic E-state index is 0.0596. The van der Waals surface area contributed by atoms with Crippen LogP contribution in [0.4, 0.5) is 17.6 Å². The van der Waals surface area contributed by atoms with Gasteiger partial charge in [0.15, 0.2) is 0 Å². The lowest BCUT2D eigenvalue weighted by atomic mass is 9.84.